The molecule has 0 spiro atoms. The molecule has 15 heavy (non-hydrogen) atoms. The van der Waals surface area contributed by atoms with Crippen molar-refractivity contribution in [2.45, 2.75) is 13.3 Å². The number of nitrogens with one attached hydrogen (secondary N) is 1. The average Bonchev–Trinajstić information content (AvgIpc) is 2.55. The molecule has 0 saturated carbocycles. The molecule has 0 bridgehead atoms. The molecule has 0 atom stereocenters. The Morgan fingerprint density at radius 3 is 3.00 bits per heavy atom. The topological polar surface area (TPSA) is 29.3 Å². The first-order chi connectivity index (χ1) is 7.24. The van der Waals surface area contributed by atoms with E-state index in [1.807, 2.05) is 20.2 Å². The number of halogens is 1. The lowest BCUT2D eigenvalue weighted by Crippen LogP contribution is -2.11. The van der Waals surface area contributed by atoms with E-state index in [-0.39, 0.29) is 5.82 Å². The van der Waals surface area contributed by atoms with Crippen molar-refractivity contribution in [1.29, 1.82) is 0 Å². The van der Waals surface area contributed by atoms with Gasteiger partial charge in [-0.3, -0.25) is 0 Å². The molecule has 1 N–H and O–H groups in total. The Hall–Kier alpha value is -1.42. The molecule has 80 valence electrons. The highest BCUT2D eigenvalue weighted by Crippen LogP contribution is 2.14. The normalized spacial score (nSPS) is 11.1. The highest BCUT2D eigenvalue weighted by atomic mass is 19.1. The minimum atomic E-state index is -0.267. The summed E-state index contributed by atoms with van der Waals surface area (Å²) < 4.78 is 15.2. The third-order valence-electron chi connectivity index (χ3n) is 2.55. The van der Waals surface area contributed by atoms with Crippen molar-refractivity contribution in [1.82, 2.24) is 14.7 Å². The van der Waals surface area contributed by atoms with Crippen LogP contribution in [0.5, 0.6) is 0 Å². The Morgan fingerprint density at radius 2 is 2.33 bits per heavy atom. The summed E-state index contributed by atoms with van der Waals surface area (Å²) >= 11 is 0. The molecule has 0 amide bonds. The number of aryl methyl sites for hydroxylation is 1. The minimum Gasteiger partial charge on any atom is -0.319 e. The second kappa shape index (κ2) is 3.98. The van der Waals surface area contributed by atoms with E-state index in [0.29, 0.717) is 5.65 Å². The first-order valence-corrected chi connectivity index (χ1v) is 5.00. The Balaban J connectivity index is 2.49. The maximum atomic E-state index is 13.4. The monoisotopic (exact) mass is 207 g/mol. The molecule has 0 fully saturated rings. The highest BCUT2D eigenvalue weighted by molar-refractivity contribution is 5.44. The third-order valence-corrected chi connectivity index (χ3v) is 2.55. The van der Waals surface area contributed by atoms with Gasteiger partial charge in [0, 0.05) is 24.9 Å². The zero-order valence-corrected chi connectivity index (χ0v) is 8.92. The van der Waals surface area contributed by atoms with Crippen molar-refractivity contribution in [3.8, 4) is 0 Å². The minimum absolute atomic E-state index is 0.267. The van der Waals surface area contributed by atoms with Crippen LogP contribution in [0.4, 0.5) is 4.39 Å². The molecule has 2 aromatic heterocycles. The zero-order valence-electron chi connectivity index (χ0n) is 8.92. The predicted molar refractivity (Wildman–Crippen MR) is 57.5 cm³/mol. The van der Waals surface area contributed by atoms with Gasteiger partial charge in [0.05, 0.1) is 5.69 Å². The van der Waals surface area contributed by atoms with Gasteiger partial charge in [-0.15, -0.1) is 0 Å². The summed E-state index contributed by atoms with van der Waals surface area (Å²) in [5.41, 5.74) is 2.38. The number of aromatic nitrogens is 2. The molecular weight excluding hydrogens is 193 g/mol. The molecular formula is C11H14FN3. The van der Waals surface area contributed by atoms with Crippen LogP contribution in [0, 0.1) is 12.7 Å². The molecule has 0 saturated heterocycles. The van der Waals surface area contributed by atoms with Gasteiger partial charge in [-0.1, -0.05) is 0 Å². The van der Waals surface area contributed by atoms with Crippen LogP contribution >= 0.6 is 0 Å². The van der Waals surface area contributed by atoms with Gasteiger partial charge in [-0.25, -0.2) is 9.37 Å². The van der Waals surface area contributed by atoms with E-state index in [4.69, 9.17) is 0 Å². The van der Waals surface area contributed by atoms with Crippen LogP contribution in [0.25, 0.3) is 5.65 Å². The quantitative estimate of drug-likeness (QED) is 0.827. The van der Waals surface area contributed by atoms with Crippen molar-refractivity contribution in [2.75, 3.05) is 13.6 Å². The van der Waals surface area contributed by atoms with Gasteiger partial charge in [0.25, 0.3) is 0 Å². The van der Waals surface area contributed by atoms with Crippen LogP contribution < -0.4 is 5.32 Å². The van der Waals surface area contributed by atoms with E-state index in [2.05, 4.69) is 10.3 Å². The van der Waals surface area contributed by atoms with Crippen LogP contribution in [0.1, 0.15) is 11.4 Å². The molecule has 0 aromatic carbocycles. The molecule has 0 radical (unpaired) electrons. The lowest BCUT2D eigenvalue weighted by molar-refractivity contribution is 0.629. The van der Waals surface area contributed by atoms with Crippen molar-refractivity contribution in [2.24, 2.45) is 0 Å². The summed E-state index contributed by atoms with van der Waals surface area (Å²) in [4.78, 5) is 4.30. The first-order valence-electron chi connectivity index (χ1n) is 5.00. The third kappa shape index (κ3) is 1.72. The Bertz CT molecular complexity index is 476. The SMILES string of the molecule is CNCCc1nc2c(F)cccn2c1C. The van der Waals surface area contributed by atoms with E-state index in [0.717, 1.165) is 24.4 Å². The molecule has 4 heteroatoms. The zero-order chi connectivity index (χ0) is 10.8. The van der Waals surface area contributed by atoms with Gasteiger partial charge in [-0.2, -0.15) is 0 Å². The Labute approximate surface area is 87.9 Å². The maximum Gasteiger partial charge on any atom is 0.173 e. The highest BCUT2D eigenvalue weighted by Gasteiger charge is 2.10. The fourth-order valence-electron chi connectivity index (χ4n) is 1.68. The molecule has 0 aliphatic heterocycles. The smallest absolute Gasteiger partial charge is 0.173 e. The average molecular weight is 207 g/mol. The second-order valence-corrected chi connectivity index (χ2v) is 3.55. The van der Waals surface area contributed by atoms with Crippen LogP contribution in [0.2, 0.25) is 0 Å². The van der Waals surface area contributed by atoms with E-state index in [1.165, 1.54) is 6.07 Å². The second-order valence-electron chi connectivity index (χ2n) is 3.55. The number of likely N-dealkylation sites (N-methyl/N-ethyl adjacent to an activating group) is 1. The molecule has 2 aromatic rings. The number of imidazole rings is 1. The fraction of sp³-hybridized carbons (Fsp3) is 0.364. The van der Waals surface area contributed by atoms with Gasteiger partial charge in [0.15, 0.2) is 11.5 Å². The summed E-state index contributed by atoms with van der Waals surface area (Å²) in [5, 5.41) is 3.06. The number of rotatable bonds is 3. The van der Waals surface area contributed by atoms with E-state index < -0.39 is 0 Å². The van der Waals surface area contributed by atoms with Gasteiger partial charge in [0.2, 0.25) is 0 Å². The van der Waals surface area contributed by atoms with Crippen LogP contribution in [0.15, 0.2) is 18.3 Å². The Kier molecular flexibility index (Phi) is 2.68. The number of pyridine rings is 1. The van der Waals surface area contributed by atoms with E-state index in [1.54, 1.807) is 10.5 Å². The number of hydrogen-bond donors (Lipinski definition) is 1. The van der Waals surface area contributed by atoms with Crippen LogP contribution in [-0.2, 0) is 6.42 Å². The molecule has 0 unspecified atom stereocenters. The molecule has 2 heterocycles. The molecule has 0 aliphatic carbocycles. The standard InChI is InChI=1S/C11H14FN3/c1-8-10(5-6-13-2)14-11-9(12)4-3-7-15(8)11/h3-4,7,13H,5-6H2,1-2H3. The Morgan fingerprint density at radius 1 is 1.53 bits per heavy atom. The van der Waals surface area contributed by atoms with Crippen molar-refractivity contribution < 1.29 is 4.39 Å². The summed E-state index contributed by atoms with van der Waals surface area (Å²) in [6, 6.07) is 3.13. The van der Waals surface area contributed by atoms with Gasteiger partial charge >= 0.3 is 0 Å². The van der Waals surface area contributed by atoms with E-state index >= 15 is 0 Å². The summed E-state index contributed by atoms with van der Waals surface area (Å²) in [6.45, 7) is 2.82. The van der Waals surface area contributed by atoms with E-state index in [9.17, 15) is 4.39 Å². The van der Waals surface area contributed by atoms with Crippen molar-refractivity contribution >= 4 is 5.65 Å². The summed E-state index contributed by atoms with van der Waals surface area (Å²) in [5.74, 6) is -0.267. The predicted octanol–water partition coefficient (Wildman–Crippen LogP) is 1.54. The van der Waals surface area contributed by atoms with Gasteiger partial charge in [-0.05, 0) is 26.1 Å². The van der Waals surface area contributed by atoms with Gasteiger partial charge < -0.3 is 9.72 Å². The van der Waals surface area contributed by atoms with Crippen LogP contribution in [0.3, 0.4) is 0 Å². The first kappa shape index (κ1) is 10.1. The molecule has 3 nitrogen and oxygen atoms in total. The fourth-order valence-corrected chi connectivity index (χ4v) is 1.68. The number of nitrogens with zero attached hydrogens (tertiary/aromatic N) is 2. The van der Waals surface area contributed by atoms with Crippen molar-refractivity contribution in [3.63, 3.8) is 0 Å². The lowest BCUT2D eigenvalue weighted by atomic mass is 10.2. The number of hydrogen-bond acceptors (Lipinski definition) is 2. The van der Waals surface area contributed by atoms with Crippen LogP contribution in [-0.4, -0.2) is 23.0 Å². The summed E-state index contributed by atoms with van der Waals surface area (Å²) in [6.07, 6.45) is 2.66. The maximum absolute atomic E-state index is 13.4. The lowest BCUT2D eigenvalue weighted by Gasteiger charge is -1.98. The van der Waals surface area contributed by atoms with Gasteiger partial charge in [0.1, 0.15) is 0 Å². The largest absolute Gasteiger partial charge is 0.319 e. The molecule has 2 rings (SSSR count). The summed E-state index contributed by atoms with van der Waals surface area (Å²) in [7, 11) is 1.89. The number of fused-ring (bicyclic) bond motifs is 1. The molecule has 0 aliphatic rings. The van der Waals surface area contributed by atoms with Crippen molar-refractivity contribution in [3.05, 3.63) is 35.5 Å².